The van der Waals surface area contributed by atoms with Crippen LogP contribution in [0.4, 0.5) is 11.5 Å². The van der Waals surface area contributed by atoms with E-state index in [9.17, 15) is 0 Å². The van der Waals surface area contributed by atoms with Gasteiger partial charge in [0.05, 0.1) is 12.0 Å². The molecule has 1 aromatic carbocycles. The zero-order valence-corrected chi connectivity index (χ0v) is 10.9. The van der Waals surface area contributed by atoms with Crippen molar-refractivity contribution in [3.05, 3.63) is 53.2 Å². The quantitative estimate of drug-likeness (QED) is 0.763. The monoisotopic (exact) mass is 303 g/mol. The number of nitrogens with one attached hydrogen (secondary N) is 2. The van der Waals surface area contributed by atoms with Crippen LogP contribution in [0.3, 0.4) is 0 Å². The Balaban J connectivity index is 1.85. The van der Waals surface area contributed by atoms with Gasteiger partial charge in [0.1, 0.15) is 5.69 Å². The SMILES string of the molecule is Brc1ccccc1Nc1cc(-c2ccco2)[nH]n1. The lowest BCUT2D eigenvalue weighted by Crippen LogP contribution is -1.90. The molecule has 0 unspecified atom stereocenters. The minimum Gasteiger partial charge on any atom is -0.463 e. The van der Waals surface area contributed by atoms with Gasteiger partial charge < -0.3 is 9.73 Å². The van der Waals surface area contributed by atoms with Gasteiger partial charge in [-0.2, -0.15) is 5.10 Å². The van der Waals surface area contributed by atoms with E-state index in [0.29, 0.717) is 0 Å². The topological polar surface area (TPSA) is 53.9 Å². The fourth-order valence-corrected chi connectivity index (χ4v) is 2.03. The number of rotatable bonds is 3. The van der Waals surface area contributed by atoms with E-state index in [-0.39, 0.29) is 0 Å². The third-order valence-corrected chi connectivity index (χ3v) is 3.19. The van der Waals surface area contributed by atoms with E-state index in [1.54, 1.807) is 6.26 Å². The average Bonchev–Trinajstić information content (AvgIpc) is 3.02. The van der Waals surface area contributed by atoms with Gasteiger partial charge in [-0.1, -0.05) is 12.1 Å². The number of halogens is 1. The molecule has 0 aliphatic carbocycles. The van der Waals surface area contributed by atoms with Crippen LogP contribution in [-0.4, -0.2) is 10.2 Å². The predicted octanol–water partition coefficient (Wildman–Crippen LogP) is 4.18. The molecule has 3 rings (SSSR count). The summed E-state index contributed by atoms with van der Waals surface area (Å²) >= 11 is 3.48. The maximum absolute atomic E-state index is 5.30. The molecule has 0 fully saturated rings. The van der Waals surface area contributed by atoms with E-state index in [1.165, 1.54) is 0 Å². The van der Waals surface area contributed by atoms with Crippen LogP contribution in [0.1, 0.15) is 0 Å². The third kappa shape index (κ3) is 2.17. The Morgan fingerprint density at radius 1 is 1.17 bits per heavy atom. The van der Waals surface area contributed by atoms with Crippen LogP contribution in [0, 0.1) is 0 Å². The van der Waals surface area contributed by atoms with Gasteiger partial charge in [0.15, 0.2) is 11.6 Å². The summed E-state index contributed by atoms with van der Waals surface area (Å²) in [5.41, 5.74) is 1.81. The number of hydrogen-bond donors (Lipinski definition) is 2. The van der Waals surface area contributed by atoms with Gasteiger partial charge in [0.25, 0.3) is 0 Å². The Labute approximate surface area is 112 Å². The lowest BCUT2D eigenvalue weighted by atomic mass is 10.3. The van der Waals surface area contributed by atoms with Crippen molar-refractivity contribution in [3.8, 4) is 11.5 Å². The number of aromatic amines is 1. The largest absolute Gasteiger partial charge is 0.463 e. The van der Waals surface area contributed by atoms with Gasteiger partial charge in [-0.25, -0.2) is 0 Å². The molecule has 3 aromatic rings. The van der Waals surface area contributed by atoms with Crippen LogP contribution < -0.4 is 5.32 Å². The van der Waals surface area contributed by atoms with Crippen LogP contribution in [0.5, 0.6) is 0 Å². The second-order valence-corrected chi connectivity index (χ2v) is 4.60. The highest BCUT2D eigenvalue weighted by Gasteiger charge is 2.06. The summed E-state index contributed by atoms with van der Waals surface area (Å²) in [5, 5.41) is 10.3. The van der Waals surface area contributed by atoms with E-state index in [0.717, 1.165) is 27.4 Å². The molecule has 0 atom stereocenters. The number of benzene rings is 1. The molecule has 4 nitrogen and oxygen atoms in total. The smallest absolute Gasteiger partial charge is 0.152 e. The number of anilines is 2. The van der Waals surface area contributed by atoms with Crippen molar-refractivity contribution in [2.75, 3.05) is 5.32 Å². The van der Waals surface area contributed by atoms with E-state index in [1.807, 2.05) is 42.5 Å². The summed E-state index contributed by atoms with van der Waals surface area (Å²) in [4.78, 5) is 0. The molecular weight excluding hydrogens is 294 g/mol. The molecular formula is C13H10BrN3O. The number of aromatic nitrogens is 2. The first-order valence-electron chi connectivity index (χ1n) is 5.44. The van der Waals surface area contributed by atoms with Crippen LogP contribution in [0.15, 0.2) is 57.6 Å². The minimum absolute atomic E-state index is 0.744. The molecule has 0 spiro atoms. The molecule has 2 N–H and O–H groups in total. The summed E-state index contributed by atoms with van der Waals surface area (Å²) in [5.74, 6) is 1.51. The van der Waals surface area contributed by atoms with Crippen molar-refractivity contribution >= 4 is 27.4 Å². The summed E-state index contributed by atoms with van der Waals surface area (Å²) in [6.45, 7) is 0. The molecule has 0 aliphatic rings. The van der Waals surface area contributed by atoms with Gasteiger partial charge in [-0.05, 0) is 40.2 Å². The highest BCUT2D eigenvalue weighted by Crippen LogP contribution is 2.26. The zero-order chi connectivity index (χ0) is 12.4. The summed E-state index contributed by atoms with van der Waals surface area (Å²) < 4.78 is 6.29. The van der Waals surface area contributed by atoms with Crippen molar-refractivity contribution in [3.63, 3.8) is 0 Å². The lowest BCUT2D eigenvalue weighted by Gasteiger charge is -2.03. The van der Waals surface area contributed by atoms with Crippen molar-refractivity contribution in [1.82, 2.24) is 10.2 Å². The lowest BCUT2D eigenvalue weighted by molar-refractivity contribution is 0.580. The average molecular weight is 304 g/mol. The molecule has 0 bridgehead atoms. The van der Waals surface area contributed by atoms with Gasteiger partial charge in [0, 0.05) is 10.5 Å². The molecule has 0 aliphatic heterocycles. The Morgan fingerprint density at radius 3 is 2.83 bits per heavy atom. The minimum atomic E-state index is 0.744. The second-order valence-electron chi connectivity index (χ2n) is 3.75. The molecule has 90 valence electrons. The Hall–Kier alpha value is -2.01. The molecule has 0 saturated heterocycles. The Bertz CT molecular complexity index is 646. The highest BCUT2D eigenvalue weighted by atomic mass is 79.9. The molecule has 18 heavy (non-hydrogen) atoms. The van der Waals surface area contributed by atoms with Crippen LogP contribution in [0.2, 0.25) is 0 Å². The normalized spacial score (nSPS) is 10.5. The van der Waals surface area contributed by atoms with Crippen LogP contribution in [-0.2, 0) is 0 Å². The number of H-pyrrole nitrogens is 1. The molecule has 0 radical (unpaired) electrons. The first-order valence-corrected chi connectivity index (χ1v) is 6.23. The first-order chi connectivity index (χ1) is 8.83. The summed E-state index contributed by atoms with van der Waals surface area (Å²) in [6.07, 6.45) is 1.64. The molecule has 2 aromatic heterocycles. The zero-order valence-electron chi connectivity index (χ0n) is 9.35. The van der Waals surface area contributed by atoms with Crippen molar-refractivity contribution in [2.24, 2.45) is 0 Å². The number of hydrogen-bond acceptors (Lipinski definition) is 3. The number of nitrogens with zero attached hydrogens (tertiary/aromatic N) is 1. The summed E-state index contributed by atoms with van der Waals surface area (Å²) in [7, 11) is 0. The maximum atomic E-state index is 5.30. The fraction of sp³-hybridized carbons (Fsp3) is 0. The third-order valence-electron chi connectivity index (χ3n) is 2.50. The number of furan rings is 1. The van der Waals surface area contributed by atoms with Crippen LogP contribution in [0.25, 0.3) is 11.5 Å². The Morgan fingerprint density at radius 2 is 2.06 bits per heavy atom. The van der Waals surface area contributed by atoms with Gasteiger partial charge in [-0.15, -0.1) is 0 Å². The van der Waals surface area contributed by atoms with Gasteiger partial charge in [0.2, 0.25) is 0 Å². The second kappa shape index (κ2) is 4.70. The van der Waals surface area contributed by atoms with E-state index in [4.69, 9.17) is 4.42 Å². The van der Waals surface area contributed by atoms with Gasteiger partial charge >= 0.3 is 0 Å². The molecule has 0 amide bonds. The summed E-state index contributed by atoms with van der Waals surface area (Å²) in [6, 6.07) is 13.5. The molecule has 5 heteroatoms. The van der Waals surface area contributed by atoms with E-state index in [2.05, 4.69) is 31.4 Å². The highest BCUT2D eigenvalue weighted by molar-refractivity contribution is 9.10. The van der Waals surface area contributed by atoms with Crippen molar-refractivity contribution < 1.29 is 4.42 Å². The maximum Gasteiger partial charge on any atom is 0.152 e. The number of para-hydroxylation sites is 1. The molecule has 2 heterocycles. The fourth-order valence-electron chi connectivity index (χ4n) is 1.64. The van der Waals surface area contributed by atoms with Crippen molar-refractivity contribution in [1.29, 1.82) is 0 Å². The van der Waals surface area contributed by atoms with Gasteiger partial charge in [-0.3, -0.25) is 5.10 Å². The predicted molar refractivity (Wildman–Crippen MR) is 73.7 cm³/mol. The van der Waals surface area contributed by atoms with E-state index < -0.39 is 0 Å². The van der Waals surface area contributed by atoms with Crippen molar-refractivity contribution in [2.45, 2.75) is 0 Å². The van der Waals surface area contributed by atoms with E-state index >= 15 is 0 Å². The standard InChI is InChI=1S/C13H10BrN3O/c14-9-4-1-2-5-10(9)15-13-8-11(16-17-13)12-6-3-7-18-12/h1-8H,(H2,15,16,17). The first kappa shape index (κ1) is 11.1. The van der Waals surface area contributed by atoms with Crippen LogP contribution >= 0.6 is 15.9 Å². The molecule has 0 saturated carbocycles. The Kier molecular flexibility index (Phi) is 2.90.